The normalized spacial score (nSPS) is 15.2. The number of rotatable bonds is 1. The molecule has 0 saturated heterocycles. The Kier molecular flexibility index (Phi) is 4.04. The summed E-state index contributed by atoms with van der Waals surface area (Å²) in [5.74, 6) is 0. The van der Waals surface area contributed by atoms with Crippen molar-refractivity contribution in [2.75, 3.05) is 0 Å². The maximum Gasteiger partial charge on any atom is 0.0452 e. The molecule has 1 N–H and O–H groups in total. The molecule has 0 aliphatic carbocycles. The van der Waals surface area contributed by atoms with Gasteiger partial charge in [-0.3, -0.25) is 0 Å². The molecule has 0 rings (SSSR count). The first-order chi connectivity index (χ1) is 6.28. The zero-order chi connectivity index (χ0) is 12.7. The van der Waals surface area contributed by atoms with Crippen molar-refractivity contribution < 1.29 is 5.21 Å². The summed E-state index contributed by atoms with van der Waals surface area (Å²) in [6, 6.07) is 0.130. The van der Waals surface area contributed by atoms with Crippen molar-refractivity contribution in [3.05, 3.63) is 0 Å². The fraction of sp³-hybridized carbons (Fsp3) is 1.00. The maximum absolute atomic E-state index is 10.4. The van der Waals surface area contributed by atoms with Crippen LogP contribution in [0.25, 0.3) is 0 Å². The van der Waals surface area contributed by atoms with Gasteiger partial charge in [-0.2, -0.15) is 5.06 Å². The van der Waals surface area contributed by atoms with Gasteiger partial charge in [0.1, 0.15) is 0 Å². The van der Waals surface area contributed by atoms with E-state index < -0.39 is 0 Å². The van der Waals surface area contributed by atoms with Crippen LogP contribution in [0.1, 0.15) is 62.3 Å². The van der Waals surface area contributed by atoms with Gasteiger partial charge in [0, 0.05) is 11.6 Å². The Hall–Kier alpha value is -0.0800. The summed E-state index contributed by atoms with van der Waals surface area (Å²) in [7, 11) is 0. The minimum absolute atomic E-state index is 0.0558. The molecule has 0 bridgehead atoms. The van der Waals surface area contributed by atoms with Crippen molar-refractivity contribution in [3.8, 4) is 0 Å². The molecule has 0 amide bonds. The fourth-order valence-corrected chi connectivity index (χ4v) is 2.42. The van der Waals surface area contributed by atoms with E-state index in [1.54, 1.807) is 0 Å². The van der Waals surface area contributed by atoms with Crippen LogP contribution in [0, 0.1) is 10.8 Å². The summed E-state index contributed by atoms with van der Waals surface area (Å²) < 4.78 is 0. The Morgan fingerprint density at radius 1 is 0.733 bits per heavy atom. The van der Waals surface area contributed by atoms with Gasteiger partial charge in [-0.25, -0.2) is 0 Å². The Morgan fingerprint density at radius 3 is 1.07 bits per heavy atom. The molecule has 0 fully saturated rings. The van der Waals surface area contributed by atoms with Crippen LogP contribution in [0.3, 0.4) is 0 Å². The van der Waals surface area contributed by atoms with Crippen LogP contribution in [0.15, 0.2) is 0 Å². The molecule has 0 heterocycles. The van der Waals surface area contributed by atoms with Crippen LogP contribution in [0.4, 0.5) is 0 Å². The van der Waals surface area contributed by atoms with Crippen molar-refractivity contribution in [3.63, 3.8) is 0 Å². The van der Waals surface area contributed by atoms with E-state index in [0.717, 1.165) is 0 Å². The van der Waals surface area contributed by atoms with Gasteiger partial charge in [0.15, 0.2) is 0 Å². The summed E-state index contributed by atoms with van der Waals surface area (Å²) in [5.41, 5.74) is -0.105. The second kappa shape index (κ2) is 4.06. The number of hydrogen-bond acceptors (Lipinski definition) is 2. The Bertz CT molecular complexity index is 188. The summed E-state index contributed by atoms with van der Waals surface area (Å²) in [4.78, 5) is 0. The molecule has 92 valence electrons. The summed E-state index contributed by atoms with van der Waals surface area (Å²) >= 11 is 0. The van der Waals surface area contributed by atoms with E-state index in [1.165, 1.54) is 5.06 Å². The molecule has 0 spiro atoms. The third-order valence-corrected chi connectivity index (χ3v) is 2.57. The zero-order valence-corrected chi connectivity index (χ0v) is 12.0. The molecule has 0 aromatic heterocycles. The highest BCUT2D eigenvalue weighted by Crippen LogP contribution is 2.39. The first-order valence-corrected chi connectivity index (χ1v) is 5.76. The van der Waals surface area contributed by atoms with E-state index >= 15 is 0 Å². The van der Waals surface area contributed by atoms with Crippen molar-refractivity contribution in [2.24, 2.45) is 10.8 Å². The standard InChI is InChI=1S/C13H29NO/c1-11(2,3)10(12(4,5)6)14(15)13(7,8)9/h10,15H,1-9H3. The maximum atomic E-state index is 10.4. The lowest BCUT2D eigenvalue weighted by Gasteiger charge is -2.49. The van der Waals surface area contributed by atoms with Crippen LogP contribution in [-0.2, 0) is 0 Å². The SMILES string of the molecule is CC(C)(C)C(N(O)C(C)(C)C)C(C)(C)C. The quantitative estimate of drug-likeness (QED) is 0.670. The fourth-order valence-electron chi connectivity index (χ4n) is 2.42. The van der Waals surface area contributed by atoms with E-state index in [4.69, 9.17) is 0 Å². The van der Waals surface area contributed by atoms with E-state index in [-0.39, 0.29) is 22.4 Å². The molecule has 2 nitrogen and oxygen atoms in total. The summed E-state index contributed by atoms with van der Waals surface area (Å²) in [6.07, 6.45) is 0. The van der Waals surface area contributed by atoms with Crippen LogP contribution in [-0.4, -0.2) is 21.9 Å². The molecule has 0 aromatic carbocycles. The van der Waals surface area contributed by atoms with Gasteiger partial charge in [0.2, 0.25) is 0 Å². The molecule has 0 unspecified atom stereocenters. The van der Waals surface area contributed by atoms with Gasteiger partial charge >= 0.3 is 0 Å². The van der Waals surface area contributed by atoms with E-state index in [1.807, 2.05) is 20.8 Å². The summed E-state index contributed by atoms with van der Waals surface area (Å²) in [5, 5.41) is 11.9. The minimum Gasteiger partial charge on any atom is -0.313 e. The number of hydrogen-bond donors (Lipinski definition) is 1. The lowest BCUT2D eigenvalue weighted by atomic mass is 9.71. The Morgan fingerprint density at radius 2 is 1.00 bits per heavy atom. The van der Waals surface area contributed by atoms with Gasteiger partial charge < -0.3 is 5.21 Å². The third kappa shape index (κ3) is 4.12. The average molecular weight is 215 g/mol. The summed E-state index contributed by atoms with van der Waals surface area (Å²) in [6.45, 7) is 19.2. The van der Waals surface area contributed by atoms with Gasteiger partial charge in [0.25, 0.3) is 0 Å². The third-order valence-electron chi connectivity index (χ3n) is 2.57. The monoisotopic (exact) mass is 215 g/mol. The van der Waals surface area contributed by atoms with Gasteiger partial charge in [0.05, 0.1) is 0 Å². The Balaban J connectivity index is 5.16. The van der Waals surface area contributed by atoms with Crippen LogP contribution in [0.2, 0.25) is 0 Å². The highest BCUT2D eigenvalue weighted by molar-refractivity contribution is 4.92. The smallest absolute Gasteiger partial charge is 0.0452 e. The second-order valence-electron chi connectivity index (χ2n) is 7.65. The van der Waals surface area contributed by atoms with Crippen molar-refractivity contribution in [2.45, 2.75) is 73.9 Å². The minimum atomic E-state index is -0.217. The molecule has 0 atom stereocenters. The molecule has 0 aliphatic rings. The first-order valence-electron chi connectivity index (χ1n) is 5.76. The Labute approximate surface area is 95.6 Å². The lowest BCUT2D eigenvalue weighted by Crippen LogP contribution is -2.56. The topological polar surface area (TPSA) is 23.5 Å². The van der Waals surface area contributed by atoms with Gasteiger partial charge in [-0.15, -0.1) is 0 Å². The molecule has 15 heavy (non-hydrogen) atoms. The molecule has 0 saturated carbocycles. The molecule has 0 aliphatic heterocycles. The number of hydroxylamine groups is 2. The highest BCUT2D eigenvalue weighted by Gasteiger charge is 2.42. The molecular formula is C13H29NO. The van der Waals surface area contributed by atoms with Crippen molar-refractivity contribution >= 4 is 0 Å². The van der Waals surface area contributed by atoms with Crippen LogP contribution < -0.4 is 0 Å². The van der Waals surface area contributed by atoms with Crippen molar-refractivity contribution in [1.82, 2.24) is 5.06 Å². The molecule has 0 radical (unpaired) electrons. The largest absolute Gasteiger partial charge is 0.313 e. The zero-order valence-electron chi connectivity index (χ0n) is 12.0. The second-order valence-corrected chi connectivity index (χ2v) is 7.65. The van der Waals surface area contributed by atoms with Crippen LogP contribution >= 0.6 is 0 Å². The molecule has 0 aromatic rings. The number of nitrogens with zero attached hydrogens (tertiary/aromatic N) is 1. The first kappa shape index (κ1) is 14.9. The van der Waals surface area contributed by atoms with Gasteiger partial charge in [-0.1, -0.05) is 41.5 Å². The van der Waals surface area contributed by atoms with E-state index in [9.17, 15) is 5.21 Å². The predicted octanol–water partition coefficient (Wildman–Crippen LogP) is 3.94. The highest BCUT2D eigenvalue weighted by atomic mass is 16.5. The average Bonchev–Trinajstić information content (AvgIpc) is 1.76. The van der Waals surface area contributed by atoms with Gasteiger partial charge in [-0.05, 0) is 31.6 Å². The predicted molar refractivity (Wildman–Crippen MR) is 66.1 cm³/mol. The van der Waals surface area contributed by atoms with E-state index in [2.05, 4.69) is 41.5 Å². The van der Waals surface area contributed by atoms with Crippen LogP contribution in [0.5, 0.6) is 0 Å². The molecule has 2 heteroatoms. The lowest BCUT2D eigenvalue weighted by molar-refractivity contribution is -0.232. The van der Waals surface area contributed by atoms with Crippen molar-refractivity contribution in [1.29, 1.82) is 0 Å². The van der Waals surface area contributed by atoms with E-state index in [0.29, 0.717) is 0 Å². The molecular weight excluding hydrogens is 186 g/mol.